The van der Waals surface area contributed by atoms with Crippen LogP contribution in [0.1, 0.15) is 24.8 Å². The van der Waals surface area contributed by atoms with E-state index in [1.807, 2.05) is 6.20 Å². The van der Waals surface area contributed by atoms with Gasteiger partial charge in [0.05, 0.1) is 0 Å². The fourth-order valence-corrected chi connectivity index (χ4v) is 1.79. The molecule has 1 aromatic heterocycles. The molecule has 2 aromatic rings. The minimum Gasteiger partial charge on any atom is -0.361 e. The van der Waals surface area contributed by atoms with Gasteiger partial charge in [-0.2, -0.15) is 0 Å². The zero-order valence-electron chi connectivity index (χ0n) is 8.46. The van der Waals surface area contributed by atoms with Crippen molar-refractivity contribution < 1.29 is 0 Å². The van der Waals surface area contributed by atoms with E-state index < -0.39 is 0 Å². The third-order valence-corrected chi connectivity index (χ3v) is 2.75. The molecule has 0 saturated carbocycles. The molecule has 2 heteroatoms. The lowest BCUT2D eigenvalue weighted by Crippen LogP contribution is -2.04. The van der Waals surface area contributed by atoms with Crippen LogP contribution in [0.2, 0.25) is 0 Å². The third-order valence-electron chi connectivity index (χ3n) is 2.75. The van der Waals surface area contributed by atoms with Gasteiger partial charge in [0.1, 0.15) is 0 Å². The number of H-pyrrole nitrogens is 1. The Morgan fingerprint density at radius 2 is 2.21 bits per heavy atom. The summed E-state index contributed by atoms with van der Waals surface area (Å²) in [4.78, 5) is 3.19. The largest absolute Gasteiger partial charge is 0.361 e. The number of benzene rings is 1. The molecule has 1 heterocycles. The molecule has 0 amide bonds. The van der Waals surface area contributed by atoms with Crippen molar-refractivity contribution in [3.63, 3.8) is 0 Å². The summed E-state index contributed by atoms with van der Waals surface area (Å²) in [6, 6.07) is 8.66. The van der Waals surface area contributed by atoms with Crippen LogP contribution in [0, 0.1) is 0 Å². The summed E-state index contributed by atoms with van der Waals surface area (Å²) in [7, 11) is 0. The maximum Gasteiger partial charge on any atom is 0.0454 e. The Morgan fingerprint density at radius 1 is 1.36 bits per heavy atom. The highest BCUT2D eigenvalue weighted by Crippen LogP contribution is 2.22. The summed E-state index contributed by atoms with van der Waals surface area (Å²) in [5, 5.41) is 1.28. The molecule has 14 heavy (non-hydrogen) atoms. The highest BCUT2D eigenvalue weighted by molar-refractivity contribution is 5.80. The SMILES string of the molecule is CC(CCN)c1ccc2[nH]ccc2c1. The number of nitrogens with two attached hydrogens (primary N) is 1. The second-order valence-electron chi connectivity index (χ2n) is 3.80. The van der Waals surface area contributed by atoms with E-state index in [4.69, 9.17) is 5.73 Å². The first-order chi connectivity index (χ1) is 6.81. The summed E-state index contributed by atoms with van der Waals surface area (Å²) in [6.45, 7) is 2.98. The van der Waals surface area contributed by atoms with Gasteiger partial charge in [0, 0.05) is 11.7 Å². The van der Waals surface area contributed by atoms with E-state index in [-0.39, 0.29) is 0 Å². The Morgan fingerprint density at radius 3 is 3.00 bits per heavy atom. The number of nitrogens with one attached hydrogen (secondary N) is 1. The molecule has 2 rings (SSSR count). The van der Waals surface area contributed by atoms with Crippen LogP contribution in [0.3, 0.4) is 0 Å². The molecule has 0 aliphatic carbocycles. The van der Waals surface area contributed by atoms with Crippen LogP contribution >= 0.6 is 0 Å². The minimum absolute atomic E-state index is 0.555. The van der Waals surface area contributed by atoms with Gasteiger partial charge in [-0.3, -0.25) is 0 Å². The van der Waals surface area contributed by atoms with Gasteiger partial charge in [-0.1, -0.05) is 13.0 Å². The molecule has 0 aliphatic rings. The standard InChI is InChI=1S/C12H16N2/c1-9(4-6-13)10-2-3-12-11(8-10)5-7-14-12/h2-3,5,7-9,14H,4,6,13H2,1H3. The van der Waals surface area contributed by atoms with Crippen molar-refractivity contribution in [1.29, 1.82) is 0 Å². The van der Waals surface area contributed by atoms with E-state index in [2.05, 4.69) is 36.2 Å². The highest BCUT2D eigenvalue weighted by Gasteiger charge is 2.05. The second-order valence-corrected chi connectivity index (χ2v) is 3.80. The molecule has 2 nitrogen and oxygen atoms in total. The van der Waals surface area contributed by atoms with E-state index in [1.54, 1.807) is 0 Å². The zero-order valence-corrected chi connectivity index (χ0v) is 8.46. The zero-order chi connectivity index (χ0) is 9.97. The molecular weight excluding hydrogens is 172 g/mol. The van der Waals surface area contributed by atoms with Crippen LogP contribution in [-0.4, -0.2) is 11.5 Å². The first-order valence-corrected chi connectivity index (χ1v) is 5.08. The fraction of sp³-hybridized carbons (Fsp3) is 0.333. The van der Waals surface area contributed by atoms with Gasteiger partial charge in [-0.05, 0) is 48.0 Å². The Bertz CT molecular complexity index is 417. The predicted octanol–water partition coefficient (Wildman–Crippen LogP) is 2.62. The van der Waals surface area contributed by atoms with Crippen LogP contribution in [-0.2, 0) is 0 Å². The lowest BCUT2D eigenvalue weighted by molar-refractivity contribution is 0.691. The molecular formula is C12H16N2. The summed E-state index contributed by atoms with van der Waals surface area (Å²) in [5.41, 5.74) is 8.13. The van der Waals surface area contributed by atoms with Crippen LogP contribution in [0.5, 0.6) is 0 Å². The Hall–Kier alpha value is -1.28. The number of aromatic nitrogens is 1. The van der Waals surface area contributed by atoms with Gasteiger partial charge in [-0.15, -0.1) is 0 Å². The van der Waals surface area contributed by atoms with Gasteiger partial charge in [0.25, 0.3) is 0 Å². The van der Waals surface area contributed by atoms with Crippen LogP contribution in [0.4, 0.5) is 0 Å². The molecule has 0 aliphatic heterocycles. The third kappa shape index (κ3) is 1.66. The molecule has 0 saturated heterocycles. The van der Waals surface area contributed by atoms with Gasteiger partial charge >= 0.3 is 0 Å². The molecule has 1 aromatic carbocycles. The molecule has 0 spiro atoms. The number of hydrogen-bond donors (Lipinski definition) is 2. The summed E-state index contributed by atoms with van der Waals surface area (Å²) < 4.78 is 0. The van der Waals surface area contributed by atoms with E-state index in [1.165, 1.54) is 16.5 Å². The van der Waals surface area contributed by atoms with Crippen molar-refractivity contribution in [2.45, 2.75) is 19.3 Å². The van der Waals surface area contributed by atoms with E-state index in [9.17, 15) is 0 Å². The smallest absolute Gasteiger partial charge is 0.0454 e. The van der Waals surface area contributed by atoms with Gasteiger partial charge < -0.3 is 10.7 Å². The molecule has 0 bridgehead atoms. The van der Waals surface area contributed by atoms with Crippen molar-refractivity contribution in [3.05, 3.63) is 36.0 Å². The predicted molar refractivity (Wildman–Crippen MR) is 60.4 cm³/mol. The lowest BCUT2D eigenvalue weighted by Gasteiger charge is -2.10. The van der Waals surface area contributed by atoms with Crippen LogP contribution < -0.4 is 5.73 Å². The average molecular weight is 188 g/mol. The molecule has 3 N–H and O–H groups in total. The molecule has 0 fully saturated rings. The highest BCUT2D eigenvalue weighted by atomic mass is 14.7. The molecule has 1 atom stereocenters. The molecule has 74 valence electrons. The minimum atomic E-state index is 0.555. The number of fused-ring (bicyclic) bond motifs is 1. The number of hydrogen-bond acceptors (Lipinski definition) is 1. The van der Waals surface area contributed by atoms with Gasteiger partial charge in [0.2, 0.25) is 0 Å². The molecule has 1 unspecified atom stereocenters. The first kappa shape index (κ1) is 9.28. The summed E-state index contributed by atoms with van der Waals surface area (Å²) >= 11 is 0. The van der Waals surface area contributed by atoms with E-state index >= 15 is 0 Å². The quantitative estimate of drug-likeness (QED) is 0.763. The normalized spacial score (nSPS) is 13.3. The van der Waals surface area contributed by atoms with E-state index in [0.29, 0.717) is 5.92 Å². The molecule has 0 radical (unpaired) electrons. The van der Waals surface area contributed by atoms with Crippen LogP contribution in [0.15, 0.2) is 30.5 Å². The van der Waals surface area contributed by atoms with Crippen molar-refractivity contribution in [2.24, 2.45) is 5.73 Å². The number of rotatable bonds is 3. The Labute approximate surface area is 84.1 Å². The van der Waals surface area contributed by atoms with Crippen LogP contribution in [0.25, 0.3) is 10.9 Å². The number of aromatic amines is 1. The van der Waals surface area contributed by atoms with Crippen molar-refractivity contribution in [1.82, 2.24) is 4.98 Å². The van der Waals surface area contributed by atoms with Crippen molar-refractivity contribution in [3.8, 4) is 0 Å². The lowest BCUT2D eigenvalue weighted by atomic mass is 9.97. The topological polar surface area (TPSA) is 41.8 Å². The van der Waals surface area contributed by atoms with Crippen molar-refractivity contribution in [2.75, 3.05) is 6.54 Å². The summed E-state index contributed by atoms with van der Waals surface area (Å²) in [5.74, 6) is 0.555. The average Bonchev–Trinajstić information content (AvgIpc) is 2.64. The Balaban J connectivity index is 2.33. The summed E-state index contributed by atoms with van der Waals surface area (Å²) in [6.07, 6.45) is 3.03. The Kier molecular flexibility index (Phi) is 2.55. The first-order valence-electron chi connectivity index (χ1n) is 5.08. The second kappa shape index (κ2) is 3.84. The van der Waals surface area contributed by atoms with Crippen molar-refractivity contribution >= 4 is 10.9 Å². The maximum atomic E-state index is 5.55. The fourth-order valence-electron chi connectivity index (χ4n) is 1.79. The monoisotopic (exact) mass is 188 g/mol. The van der Waals surface area contributed by atoms with Gasteiger partial charge in [-0.25, -0.2) is 0 Å². The maximum absolute atomic E-state index is 5.55. The van der Waals surface area contributed by atoms with E-state index in [0.717, 1.165) is 13.0 Å². The van der Waals surface area contributed by atoms with Gasteiger partial charge in [0.15, 0.2) is 0 Å².